The van der Waals surface area contributed by atoms with E-state index in [0.717, 1.165) is 0 Å². The van der Waals surface area contributed by atoms with Gasteiger partial charge in [-0.05, 0) is 31.0 Å². The van der Waals surface area contributed by atoms with Gasteiger partial charge in [-0.1, -0.05) is 6.92 Å². The van der Waals surface area contributed by atoms with Crippen molar-refractivity contribution >= 4 is 23.1 Å². The Labute approximate surface area is 110 Å². The van der Waals surface area contributed by atoms with E-state index in [-0.39, 0.29) is 11.7 Å². The van der Waals surface area contributed by atoms with Crippen molar-refractivity contribution in [2.45, 2.75) is 25.9 Å². The Morgan fingerprint density at radius 1 is 1.53 bits per heavy atom. The smallest absolute Gasteiger partial charge is 0.335 e. The number of hydrogen-bond acceptors (Lipinski definition) is 5. The number of aliphatic hydroxyl groups is 1. The fourth-order valence-electron chi connectivity index (χ4n) is 1.68. The minimum atomic E-state index is -1.00. The molecule has 0 aliphatic carbocycles. The zero-order valence-corrected chi connectivity index (χ0v) is 10.6. The lowest BCUT2D eigenvalue weighted by Crippen LogP contribution is -2.12. The molecule has 0 radical (unpaired) electrons. The first-order valence-electron chi connectivity index (χ1n) is 6.16. The van der Waals surface area contributed by atoms with Crippen molar-refractivity contribution < 1.29 is 19.4 Å². The lowest BCUT2D eigenvalue weighted by atomic mass is 10.2. The first-order chi connectivity index (χ1) is 9.10. The number of oxazole rings is 1. The Hall–Kier alpha value is -2.08. The summed E-state index contributed by atoms with van der Waals surface area (Å²) in [4.78, 5) is 15.0. The summed E-state index contributed by atoms with van der Waals surface area (Å²) in [6, 6.07) is 4.86. The van der Waals surface area contributed by atoms with Crippen molar-refractivity contribution in [1.82, 2.24) is 4.98 Å². The molecule has 2 rings (SSSR count). The van der Waals surface area contributed by atoms with E-state index in [1.165, 1.54) is 12.1 Å². The van der Waals surface area contributed by atoms with Crippen LogP contribution >= 0.6 is 0 Å². The fourth-order valence-corrected chi connectivity index (χ4v) is 1.68. The largest absolute Gasteiger partial charge is 0.478 e. The highest BCUT2D eigenvalue weighted by Gasteiger charge is 2.09. The molecule has 0 bridgehead atoms. The van der Waals surface area contributed by atoms with Crippen molar-refractivity contribution in [2.75, 3.05) is 11.9 Å². The van der Waals surface area contributed by atoms with E-state index in [9.17, 15) is 9.90 Å². The average molecular weight is 264 g/mol. The SMILES string of the molecule is CCC(O)CCNc1nc2ccc(C(=O)O)cc2o1. The van der Waals surface area contributed by atoms with Gasteiger partial charge in [0.25, 0.3) is 6.01 Å². The highest BCUT2D eigenvalue weighted by Crippen LogP contribution is 2.20. The van der Waals surface area contributed by atoms with Crippen LogP contribution in [0.3, 0.4) is 0 Å². The van der Waals surface area contributed by atoms with Gasteiger partial charge < -0.3 is 19.9 Å². The third-order valence-electron chi connectivity index (χ3n) is 2.86. The molecule has 2 aromatic rings. The molecule has 6 heteroatoms. The van der Waals surface area contributed by atoms with Crippen molar-refractivity contribution in [3.8, 4) is 0 Å². The molecule has 3 N–H and O–H groups in total. The van der Waals surface area contributed by atoms with Gasteiger partial charge in [0.15, 0.2) is 5.58 Å². The molecule has 0 saturated heterocycles. The second kappa shape index (κ2) is 5.71. The number of nitrogens with zero attached hydrogens (tertiary/aromatic N) is 1. The van der Waals surface area contributed by atoms with Gasteiger partial charge in [0.05, 0.1) is 11.7 Å². The van der Waals surface area contributed by atoms with Crippen LogP contribution in [-0.2, 0) is 0 Å². The van der Waals surface area contributed by atoms with E-state index in [0.29, 0.717) is 36.5 Å². The first kappa shape index (κ1) is 13.4. The van der Waals surface area contributed by atoms with Crippen LogP contribution in [-0.4, -0.2) is 33.8 Å². The number of anilines is 1. The molecule has 1 aromatic heterocycles. The van der Waals surface area contributed by atoms with Crippen molar-refractivity contribution in [1.29, 1.82) is 0 Å². The number of benzene rings is 1. The third kappa shape index (κ3) is 3.23. The second-order valence-corrected chi connectivity index (χ2v) is 4.28. The number of carboxylic acid groups (broad SMARTS) is 1. The Balaban J connectivity index is 2.07. The molecule has 102 valence electrons. The van der Waals surface area contributed by atoms with Crippen LogP contribution in [0, 0.1) is 0 Å². The maximum atomic E-state index is 10.8. The van der Waals surface area contributed by atoms with Crippen molar-refractivity contribution in [3.63, 3.8) is 0 Å². The standard InChI is InChI=1S/C13H16N2O4/c1-2-9(16)5-6-14-13-15-10-4-3-8(12(17)18)7-11(10)19-13/h3-4,7,9,16H,2,5-6H2,1H3,(H,14,15)(H,17,18). The van der Waals surface area contributed by atoms with Gasteiger partial charge >= 0.3 is 5.97 Å². The maximum absolute atomic E-state index is 10.8. The van der Waals surface area contributed by atoms with Gasteiger partial charge in [-0.3, -0.25) is 0 Å². The highest BCUT2D eigenvalue weighted by atomic mass is 16.4. The van der Waals surface area contributed by atoms with Gasteiger partial charge in [-0.25, -0.2) is 4.79 Å². The van der Waals surface area contributed by atoms with Crippen LogP contribution in [0.15, 0.2) is 22.6 Å². The molecule has 1 unspecified atom stereocenters. The monoisotopic (exact) mass is 264 g/mol. The lowest BCUT2D eigenvalue weighted by molar-refractivity contribution is 0.0697. The zero-order valence-electron chi connectivity index (χ0n) is 10.6. The van der Waals surface area contributed by atoms with Crippen LogP contribution in [0.5, 0.6) is 0 Å². The number of aromatic nitrogens is 1. The molecule has 19 heavy (non-hydrogen) atoms. The summed E-state index contributed by atoms with van der Waals surface area (Å²) in [5, 5.41) is 21.3. The summed E-state index contributed by atoms with van der Waals surface area (Å²) in [5.41, 5.74) is 1.19. The molecule has 0 fully saturated rings. The lowest BCUT2D eigenvalue weighted by Gasteiger charge is -2.06. The van der Waals surface area contributed by atoms with Crippen LogP contribution < -0.4 is 5.32 Å². The van der Waals surface area contributed by atoms with Crippen LogP contribution in [0.4, 0.5) is 6.01 Å². The normalized spacial score (nSPS) is 12.5. The van der Waals surface area contributed by atoms with Gasteiger partial charge in [-0.2, -0.15) is 4.98 Å². The number of nitrogens with one attached hydrogen (secondary N) is 1. The van der Waals surface area contributed by atoms with Gasteiger partial charge in [0, 0.05) is 6.54 Å². The van der Waals surface area contributed by atoms with E-state index in [2.05, 4.69) is 10.3 Å². The molecule has 1 aromatic carbocycles. The predicted octanol–water partition coefficient (Wildman–Crippen LogP) is 2.10. The third-order valence-corrected chi connectivity index (χ3v) is 2.86. The minimum Gasteiger partial charge on any atom is -0.478 e. The highest BCUT2D eigenvalue weighted by molar-refractivity contribution is 5.92. The topological polar surface area (TPSA) is 95.6 Å². The Morgan fingerprint density at radius 3 is 3.00 bits per heavy atom. The predicted molar refractivity (Wildman–Crippen MR) is 70.4 cm³/mol. The van der Waals surface area contributed by atoms with E-state index in [1.54, 1.807) is 6.07 Å². The van der Waals surface area contributed by atoms with Crippen LogP contribution in [0.1, 0.15) is 30.1 Å². The van der Waals surface area contributed by atoms with Gasteiger partial charge in [0.2, 0.25) is 0 Å². The number of rotatable bonds is 6. The summed E-state index contributed by atoms with van der Waals surface area (Å²) in [5.74, 6) is -1.00. The summed E-state index contributed by atoms with van der Waals surface area (Å²) in [6.07, 6.45) is 0.975. The average Bonchev–Trinajstić information content (AvgIpc) is 2.79. The number of carbonyl (C=O) groups is 1. The second-order valence-electron chi connectivity index (χ2n) is 4.28. The van der Waals surface area contributed by atoms with Crippen LogP contribution in [0.25, 0.3) is 11.1 Å². The van der Waals surface area contributed by atoms with E-state index in [4.69, 9.17) is 9.52 Å². The Morgan fingerprint density at radius 2 is 2.32 bits per heavy atom. The Kier molecular flexibility index (Phi) is 4.01. The maximum Gasteiger partial charge on any atom is 0.335 e. The Bertz CT molecular complexity index is 579. The minimum absolute atomic E-state index is 0.164. The molecule has 6 nitrogen and oxygen atoms in total. The number of hydrogen-bond donors (Lipinski definition) is 3. The van der Waals surface area contributed by atoms with Crippen LogP contribution in [0.2, 0.25) is 0 Å². The van der Waals surface area contributed by atoms with E-state index >= 15 is 0 Å². The van der Waals surface area contributed by atoms with Gasteiger partial charge in [-0.15, -0.1) is 0 Å². The summed E-state index contributed by atoms with van der Waals surface area (Å²) in [7, 11) is 0. The summed E-state index contributed by atoms with van der Waals surface area (Å²) >= 11 is 0. The number of aromatic carboxylic acids is 1. The van der Waals surface area contributed by atoms with Crippen molar-refractivity contribution in [2.24, 2.45) is 0 Å². The van der Waals surface area contributed by atoms with Crippen molar-refractivity contribution in [3.05, 3.63) is 23.8 Å². The quantitative estimate of drug-likeness (QED) is 0.739. The molecule has 0 amide bonds. The molecular formula is C13H16N2O4. The number of aliphatic hydroxyl groups excluding tert-OH is 1. The molecule has 0 aliphatic heterocycles. The summed E-state index contributed by atoms with van der Waals surface area (Å²) < 4.78 is 5.41. The molecule has 0 saturated carbocycles. The van der Waals surface area contributed by atoms with E-state index < -0.39 is 5.97 Å². The molecule has 1 atom stereocenters. The first-order valence-corrected chi connectivity index (χ1v) is 6.16. The molecule has 0 aliphatic rings. The fraction of sp³-hybridized carbons (Fsp3) is 0.385. The zero-order chi connectivity index (χ0) is 13.8. The van der Waals surface area contributed by atoms with E-state index in [1.807, 2.05) is 6.92 Å². The summed E-state index contributed by atoms with van der Waals surface area (Å²) in [6.45, 7) is 2.46. The number of carboxylic acids is 1. The molecule has 1 heterocycles. The number of fused-ring (bicyclic) bond motifs is 1. The van der Waals surface area contributed by atoms with Gasteiger partial charge in [0.1, 0.15) is 5.52 Å². The molecule has 0 spiro atoms. The molecular weight excluding hydrogens is 248 g/mol.